The van der Waals surface area contributed by atoms with E-state index < -0.39 is 6.17 Å². The van der Waals surface area contributed by atoms with Gasteiger partial charge in [0.1, 0.15) is 17.8 Å². The maximum atomic E-state index is 14.0. The smallest absolute Gasteiger partial charge is 0.144 e. The number of rotatable bonds is 5. The Balaban J connectivity index is 1.61. The summed E-state index contributed by atoms with van der Waals surface area (Å²) in [5.74, 6) is 2.78. The van der Waals surface area contributed by atoms with Gasteiger partial charge in [-0.05, 0) is 49.7 Å². The van der Waals surface area contributed by atoms with Crippen LogP contribution in [-0.4, -0.2) is 20.9 Å². The first-order valence-electron chi connectivity index (χ1n) is 8.96. The lowest BCUT2D eigenvalue weighted by Gasteiger charge is -2.44. The van der Waals surface area contributed by atoms with Crippen molar-refractivity contribution < 1.29 is 4.39 Å². The molecule has 0 unspecified atom stereocenters. The lowest BCUT2D eigenvalue weighted by atomic mass is 9.62. The second kappa shape index (κ2) is 5.51. The maximum absolute atomic E-state index is 14.0. The Morgan fingerprint density at radius 1 is 1.08 bits per heavy atom. The van der Waals surface area contributed by atoms with Gasteiger partial charge in [-0.2, -0.15) is 0 Å². The van der Waals surface area contributed by atoms with Gasteiger partial charge in [0.25, 0.3) is 0 Å². The average Bonchev–Trinajstić information content (AvgIpc) is 3.50. The van der Waals surface area contributed by atoms with Gasteiger partial charge in [0.05, 0.1) is 5.41 Å². The highest BCUT2D eigenvalue weighted by atomic mass is 127. The Kier molecular flexibility index (Phi) is 3.51. The minimum Gasteiger partial charge on any atom is -0.311 e. The Morgan fingerprint density at radius 2 is 1.79 bits per heavy atom. The van der Waals surface area contributed by atoms with Gasteiger partial charge in [0, 0.05) is 16.4 Å². The molecule has 3 saturated carbocycles. The van der Waals surface area contributed by atoms with Crippen LogP contribution in [0.2, 0.25) is 0 Å². The highest BCUT2D eigenvalue weighted by Gasteiger charge is 2.52. The summed E-state index contributed by atoms with van der Waals surface area (Å²) in [7, 11) is 0. The summed E-state index contributed by atoms with van der Waals surface area (Å²) < 4.78 is 17.4. The lowest BCUT2D eigenvalue weighted by molar-refractivity contribution is 0.113. The molecular formula is C19H21FIN3. The number of aromatic nitrogens is 3. The van der Waals surface area contributed by atoms with Gasteiger partial charge >= 0.3 is 0 Å². The van der Waals surface area contributed by atoms with Crippen molar-refractivity contribution in [2.75, 3.05) is 0 Å². The molecule has 0 spiro atoms. The first-order chi connectivity index (χ1) is 11.7. The molecule has 3 fully saturated rings. The molecule has 1 aromatic carbocycles. The van der Waals surface area contributed by atoms with E-state index in [1.54, 1.807) is 0 Å². The standard InChI is InChI=1S/C19H21FIN3/c20-15-9-19(10-15,14-5-1-12(11-21)2-6-14)18-23-22-17(13-3-4-13)24(18)16-7-8-16/h1-2,5-6,13,15-16H,3-4,7-11H2/t15-,19-. The number of halogens is 2. The van der Waals surface area contributed by atoms with Crippen molar-refractivity contribution in [2.45, 2.75) is 66.5 Å². The highest BCUT2D eigenvalue weighted by Crippen LogP contribution is 2.53. The molecule has 2 aromatic rings. The third-order valence-electron chi connectivity index (χ3n) is 5.81. The molecule has 0 amide bonds. The monoisotopic (exact) mass is 437 g/mol. The van der Waals surface area contributed by atoms with Crippen LogP contribution in [0, 0.1) is 0 Å². The van der Waals surface area contributed by atoms with Crippen molar-refractivity contribution in [3.05, 3.63) is 47.0 Å². The third-order valence-corrected chi connectivity index (χ3v) is 6.69. The predicted octanol–water partition coefficient (Wildman–Crippen LogP) is 4.84. The molecule has 0 saturated heterocycles. The molecule has 1 aromatic heterocycles. The van der Waals surface area contributed by atoms with Crippen LogP contribution in [0.4, 0.5) is 4.39 Å². The fourth-order valence-electron chi connectivity index (χ4n) is 4.10. The molecular weight excluding hydrogens is 416 g/mol. The van der Waals surface area contributed by atoms with Crippen LogP contribution in [-0.2, 0) is 9.84 Å². The molecule has 0 bridgehead atoms. The van der Waals surface area contributed by atoms with Gasteiger partial charge in [-0.25, -0.2) is 4.39 Å². The van der Waals surface area contributed by atoms with Crippen molar-refractivity contribution in [2.24, 2.45) is 0 Å². The lowest BCUT2D eigenvalue weighted by Crippen LogP contribution is -2.45. The Morgan fingerprint density at radius 3 is 2.33 bits per heavy atom. The van der Waals surface area contributed by atoms with Crippen LogP contribution < -0.4 is 0 Å². The normalized spacial score (nSPS) is 29.5. The summed E-state index contributed by atoms with van der Waals surface area (Å²) in [6.07, 6.45) is 5.27. The zero-order chi connectivity index (χ0) is 16.3. The van der Waals surface area contributed by atoms with Gasteiger partial charge in [-0.15, -0.1) is 10.2 Å². The third kappa shape index (κ3) is 2.34. The van der Waals surface area contributed by atoms with Gasteiger partial charge < -0.3 is 4.57 Å². The minimum atomic E-state index is -0.719. The first-order valence-corrected chi connectivity index (χ1v) is 10.5. The predicted molar refractivity (Wildman–Crippen MR) is 99.3 cm³/mol. The molecule has 3 nitrogen and oxygen atoms in total. The fourth-order valence-corrected chi connectivity index (χ4v) is 4.61. The Bertz CT molecular complexity index is 755. The molecule has 0 N–H and O–H groups in total. The van der Waals surface area contributed by atoms with E-state index in [4.69, 9.17) is 0 Å². The fraction of sp³-hybridized carbons (Fsp3) is 0.579. The van der Waals surface area contributed by atoms with Gasteiger partial charge in [-0.3, -0.25) is 0 Å². The van der Waals surface area contributed by atoms with E-state index in [1.165, 1.54) is 36.8 Å². The summed E-state index contributed by atoms with van der Waals surface area (Å²) in [5.41, 5.74) is 2.25. The number of benzene rings is 1. The van der Waals surface area contributed by atoms with Crippen LogP contribution in [0.1, 0.15) is 73.3 Å². The molecule has 5 rings (SSSR count). The maximum Gasteiger partial charge on any atom is 0.144 e. The van der Waals surface area contributed by atoms with Gasteiger partial charge in [-0.1, -0.05) is 46.9 Å². The van der Waals surface area contributed by atoms with E-state index in [1.807, 2.05) is 0 Å². The summed E-state index contributed by atoms with van der Waals surface area (Å²) in [6, 6.07) is 9.27. The second-order valence-corrected chi connectivity index (χ2v) is 8.44. The SMILES string of the molecule is F[C@H]1C[C@](c2ccc(CI)cc2)(c2nnc(C3CC3)n2C2CC2)C1. The van der Waals surface area contributed by atoms with Crippen molar-refractivity contribution in [1.29, 1.82) is 0 Å². The summed E-state index contributed by atoms with van der Waals surface area (Å²) in [4.78, 5) is 0. The molecule has 0 aliphatic heterocycles. The van der Waals surface area contributed by atoms with E-state index in [0.717, 1.165) is 16.1 Å². The van der Waals surface area contributed by atoms with Crippen LogP contribution in [0.15, 0.2) is 24.3 Å². The summed E-state index contributed by atoms with van der Waals surface area (Å²) >= 11 is 2.38. The molecule has 126 valence electrons. The molecule has 5 heteroatoms. The van der Waals surface area contributed by atoms with E-state index in [0.29, 0.717) is 24.8 Å². The van der Waals surface area contributed by atoms with Crippen LogP contribution in [0.5, 0.6) is 0 Å². The number of nitrogens with zero attached hydrogens (tertiary/aromatic N) is 3. The largest absolute Gasteiger partial charge is 0.311 e. The van der Waals surface area contributed by atoms with Gasteiger partial charge in [0.2, 0.25) is 0 Å². The molecule has 24 heavy (non-hydrogen) atoms. The van der Waals surface area contributed by atoms with E-state index in [2.05, 4.69) is 61.6 Å². The van der Waals surface area contributed by atoms with Crippen molar-refractivity contribution in [3.63, 3.8) is 0 Å². The number of hydrogen-bond acceptors (Lipinski definition) is 2. The Labute approximate surface area is 155 Å². The van der Waals surface area contributed by atoms with Crippen LogP contribution >= 0.6 is 22.6 Å². The zero-order valence-electron chi connectivity index (χ0n) is 13.6. The first kappa shape index (κ1) is 15.3. The Hall–Kier alpha value is -0.980. The zero-order valence-corrected chi connectivity index (χ0v) is 15.7. The molecule has 3 aliphatic carbocycles. The van der Waals surface area contributed by atoms with Crippen molar-refractivity contribution >= 4 is 22.6 Å². The van der Waals surface area contributed by atoms with Crippen molar-refractivity contribution in [1.82, 2.24) is 14.8 Å². The number of hydrogen-bond donors (Lipinski definition) is 0. The van der Waals surface area contributed by atoms with E-state index in [9.17, 15) is 4.39 Å². The minimum absolute atomic E-state index is 0.272. The molecule has 0 atom stereocenters. The highest BCUT2D eigenvalue weighted by molar-refractivity contribution is 14.1. The molecule has 3 aliphatic rings. The van der Waals surface area contributed by atoms with Crippen LogP contribution in [0.3, 0.4) is 0 Å². The molecule has 0 radical (unpaired) electrons. The van der Waals surface area contributed by atoms with Crippen molar-refractivity contribution in [3.8, 4) is 0 Å². The van der Waals surface area contributed by atoms with E-state index >= 15 is 0 Å². The quantitative estimate of drug-likeness (QED) is 0.495. The second-order valence-electron chi connectivity index (χ2n) is 7.68. The average molecular weight is 437 g/mol. The molecule has 1 heterocycles. The van der Waals surface area contributed by atoms with E-state index in [-0.39, 0.29) is 5.41 Å². The summed E-state index contributed by atoms with van der Waals surface area (Å²) in [6.45, 7) is 0. The summed E-state index contributed by atoms with van der Waals surface area (Å²) in [5, 5.41) is 9.19. The van der Waals surface area contributed by atoms with Crippen LogP contribution in [0.25, 0.3) is 0 Å². The number of alkyl halides is 2. The van der Waals surface area contributed by atoms with Gasteiger partial charge in [0.15, 0.2) is 0 Å². The topological polar surface area (TPSA) is 30.7 Å².